The number of rotatable bonds is 2. The summed E-state index contributed by atoms with van der Waals surface area (Å²) in [6, 6.07) is 0.524. The molecule has 0 spiro atoms. The van der Waals surface area contributed by atoms with E-state index in [1.807, 2.05) is 0 Å². The maximum atomic E-state index is 11.2. The summed E-state index contributed by atoms with van der Waals surface area (Å²) < 4.78 is 4.89. The third kappa shape index (κ3) is 3.30. The molecule has 0 aromatic heterocycles. The smallest absolute Gasteiger partial charge is 0.408 e. The Morgan fingerprint density at radius 2 is 2.36 bits per heavy atom. The second-order valence-electron chi connectivity index (χ2n) is 2.99. The van der Waals surface area contributed by atoms with Gasteiger partial charge in [0.25, 0.3) is 0 Å². The lowest BCUT2D eigenvalue weighted by Crippen LogP contribution is -2.31. The van der Waals surface area contributed by atoms with Crippen LogP contribution in [0, 0.1) is 6.04 Å². The van der Waals surface area contributed by atoms with Crippen molar-refractivity contribution in [1.82, 2.24) is 10.6 Å². The molecule has 0 unspecified atom stereocenters. The van der Waals surface area contributed by atoms with E-state index >= 15 is 0 Å². The van der Waals surface area contributed by atoms with E-state index in [-0.39, 0.29) is 6.10 Å². The standard InChI is InChI=1S/C9H12ClN2O2/c1-6(2)14-9(13)12-8-3-4-11-5-7(8)10/h3-6,11H,1-2H3,(H,12,13). The predicted octanol–water partition coefficient (Wildman–Crippen LogP) is 1.85. The van der Waals surface area contributed by atoms with Crippen LogP contribution in [0.5, 0.6) is 0 Å². The van der Waals surface area contributed by atoms with Crippen LogP contribution < -0.4 is 10.6 Å². The molecule has 77 valence electrons. The zero-order chi connectivity index (χ0) is 10.6. The normalized spacial score (nSPS) is 16.1. The molecule has 0 bridgehead atoms. The van der Waals surface area contributed by atoms with Gasteiger partial charge in [-0.1, -0.05) is 11.6 Å². The van der Waals surface area contributed by atoms with Crippen LogP contribution in [0.25, 0.3) is 0 Å². The maximum absolute atomic E-state index is 11.2. The quantitative estimate of drug-likeness (QED) is 0.739. The number of hydrogen-bond acceptors (Lipinski definition) is 3. The number of dihydropyridines is 1. The van der Waals surface area contributed by atoms with Crippen molar-refractivity contribution < 1.29 is 9.53 Å². The Morgan fingerprint density at radius 1 is 1.64 bits per heavy atom. The molecule has 2 N–H and O–H groups in total. The summed E-state index contributed by atoms with van der Waals surface area (Å²) in [5.74, 6) is 0. The molecular formula is C9H12ClN2O2. The van der Waals surface area contributed by atoms with Gasteiger partial charge < -0.3 is 15.4 Å². The summed E-state index contributed by atoms with van der Waals surface area (Å²) in [5, 5.41) is 5.76. The zero-order valence-electron chi connectivity index (χ0n) is 8.00. The fourth-order valence-corrected chi connectivity index (χ4v) is 1.04. The average molecular weight is 216 g/mol. The van der Waals surface area contributed by atoms with Crippen LogP contribution in [0.4, 0.5) is 4.79 Å². The van der Waals surface area contributed by atoms with Gasteiger partial charge in [0.15, 0.2) is 0 Å². The van der Waals surface area contributed by atoms with Gasteiger partial charge in [0.05, 0.1) is 11.1 Å². The third-order valence-electron chi connectivity index (χ3n) is 1.39. The summed E-state index contributed by atoms with van der Waals surface area (Å²) in [7, 11) is 0. The highest BCUT2D eigenvalue weighted by molar-refractivity contribution is 6.31. The van der Waals surface area contributed by atoms with Crippen LogP contribution in [0.15, 0.2) is 23.5 Å². The molecule has 0 aromatic rings. The van der Waals surface area contributed by atoms with Gasteiger partial charge in [0.1, 0.15) is 6.04 Å². The minimum absolute atomic E-state index is 0.149. The molecule has 1 radical (unpaired) electrons. The number of hydrogen-bond donors (Lipinski definition) is 2. The van der Waals surface area contributed by atoms with Crippen LogP contribution in [0.1, 0.15) is 13.8 Å². The number of carbonyl (C=O) groups excluding carboxylic acids is 1. The zero-order valence-corrected chi connectivity index (χ0v) is 8.76. The van der Waals surface area contributed by atoms with Crippen LogP contribution in [0.3, 0.4) is 0 Å². The lowest BCUT2D eigenvalue weighted by atomic mass is 10.2. The van der Waals surface area contributed by atoms with Crippen molar-refractivity contribution in [2.24, 2.45) is 0 Å². The number of nitrogens with one attached hydrogen (secondary N) is 2. The molecule has 1 rings (SSSR count). The van der Waals surface area contributed by atoms with Crippen molar-refractivity contribution in [2.45, 2.75) is 20.0 Å². The highest BCUT2D eigenvalue weighted by atomic mass is 35.5. The van der Waals surface area contributed by atoms with Crippen molar-refractivity contribution >= 4 is 17.7 Å². The van der Waals surface area contributed by atoms with Gasteiger partial charge in [-0.15, -0.1) is 0 Å². The van der Waals surface area contributed by atoms with Gasteiger partial charge in [0, 0.05) is 6.20 Å². The van der Waals surface area contributed by atoms with Crippen molar-refractivity contribution in [3.8, 4) is 0 Å². The fourth-order valence-electron chi connectivity index (χ4n) is 0.865. The van der Waals surface area contributed by atoms with E-state index < -0.39 is 6.09 Å². The summed E-state index contributed by atoms with van der Waals surface area (Å²) in [6.45, 7) is 3.56. The number of alkyl carbamates (subject to hydrolysis) is 1. The number of amides is 1. The first-order valence-corrected chi connectivity index (χ1v) is 4.60. The molecule has 1 amide bonds. The molecule has 5 heteroatoms. The number of halogens is 1. The van der Waals surface area contributed by atoms with Gasteiger partial charge in [-0.2, -0.15) is 0 Å². The largest absolute Gasteiger partial charge is 0.447 e. The van der Waals surface area contributed by atoms with Gasteiger partial charge in [-0.25, -0.2) is 4.79 Å². The molecule has 0 saturated heterocycles. The molecule has 0 aliphatic carbocycles. The highest BCUT2D eigenvalue weighted by Crippen LogP contribution is 2.18. The van der Waals surface area contributed by atoms with E-state index in [4.69, 9.17) is 16.3 Å². The van der Waals surface area contributed by atoms with Crippen LogP contribution in [0.2, 0.25) is 0 Å². The molecule has 0 atom stereocenters. The number of ether oxygens (including phenoxy) is 1. The van der Waals surface area contributed by atoms with E-state index in [0.29, 0.717) is 11.1 Å². The topological polar surface area (TPSA) is 50.4 Å². The molecule has 4 nitrogen and oxygen atoms in total. The Bertz CT molecular complexity index is 274. The van der Waals surface area contributed by atoms with Crippen molar-refractivity contribution in [2.75, 3.05) is 0 Å². The Hall–Kier alpha value is -1.16. The minimum Gasteiger partial charge on any atom is -0.447 e. The summed E-state index contributed by atoms with van der Waals surface area (Å²) >= 11 is 5.80. The second-order valence-corrected chi connectivity index (χ2v) is 3.39. The van der Waals surface area contributed by atoms with Crippen molar-refractivity contribution in [3.05, 3.63) is 29.6 Å². The number of carbonyl (C=O) groups is 1. The second kappa shape index (κ2) is 4.91. The highest BCUT2D eigenvalue weighted by Gasteiger charge is 2.17. The molecule has 14 heavy (non-hydrogen) atoms. The monoisotopic (exact) mass is 215 g/mol. The van der Waals surface area contributed by atoms with Gasteiger partial charge in [-0.3, -0.25) is 0 Å². The van der Waals surface area contributed by atoms with Crippen molar-refractivity contribution in [1.29, 1.82) is 0 Å². The Morgan fingerprint density at radius 3 is 2.93 bits per heavy atom. The summed E-state index contributed by atoms with van der Waals surface area (Å²) in [6.07, 6.45) is 4.24. The first kappa shape index (κ1) is 10.9. The average Bonchev–Trinajstić information content (AvgIpc) is 2.07. The SMILES string of the molecule is CC(C)OC(=O)N[C]1C=CNC=C1Cl. The van der Waals surface area contributed by atoms with Gasteiger partial charge in [0.2, 0.25) is 0 Å². The third-order valence-corrected chi connectivity index (χ3v) is 1.71. The van der Waals surface area contributed by atoms with Gasteiger partial charge >= 0.3 is 6.09 Å². The molecule has 0 saturated carbocycles. The predicted molar refractivity (Wildman–Crippen MR) is 54.2 cm³/mol. The van der Waals surface area contributed by atoms with Crippen LogP contribution in [-0.4, -0.2) is 12.2 Å². The van der Waals surface area contributed by atoms with E-state index in [9.17, 15) is 4.79 Å². The lowest BCUT2D eigenvalue weighted by Gasteiger charge is -2.17. The molecular weight excluding hydrogens is 204 g/mol. The lowest BCUT2D eigenvalue weighted by molar-refractivity contribution is 0.117. The Labute approximate surface area is 88.0 Å². The van der Waals surface area contributed by atoms with Crippen LogP contribution in [-0.2, 0) is 4.74 Å². The first-order valence-electron chi connectivity index (χ1n) is 4.23. The van der Waals surface area contributed by atoms with E-state index in [2.05, 4.69) is 10.6 Å². The molecule has 0 fully saturated rings. The van der Waals surface area contributed by atoms with E-state index in [1.165, 1.54) is 0 Å². The Kier molecular flexibility index (Phi) is 3.83. The minimum atomic E-state index is -0.506. The molecule has 0 aromatic carbocycles. The maximum Gasteiger partial charge on any atom is 0.408 e. The summed E-state index contributed by atoms with van der Waals surface area (Å²) in [5.41, 5.74) is 0. The molecule has 1 heterocycles. The van der Waals surface area contributed by atoms with Crippen LogP contribution >= 0.6 is 11.6 Å². The summed E-state index contributed by atoms with van der Waals surface area (Å²) in [4.78, 5) is 11.2. The Balaban J connectivity index is 2.43. The van der Waals surface area contributed by atoms with E-state index in [0.717, 1.165) is 0 Å². The first-order chi connectivity index (χ1) is 6.59. The van der Waals surface area contributed by atoms with Crippen molar-refractivity contribution in [3.63, 3.8) is 0 Å². The van der Waals surface area contributed by atoms with E-state index in [1.54, 1.807) is 32.3 Å². The molecule has 1 aliphatic rings. The molecule has 1 aliphatic heterocycles. The van der Waals surface area contributed by atoms with Gasteiger partial charge in [-0.05, 0) is 26.1 Å². The fraction of sp³-hybridized carbons (Fsp3) is 0.333.